The second-order valence-electron chi connectivity index (χ2n) is 5.09. The van der Waals surface area contributed by atoms with Crippen LogP contribution < -0.4 is 10.1 Å². The van der Waals surface area contributed by atoms with Gasteiger partial charge in [-0.1, -0.05) is 23.8 Å². The molecule has 0 spiro atoms. The summed E-state index contributed by atoms with van der Waals surface area (Å²) in [5.41, 5.74) is 4.47. The fraction of sp³-hybridized carbons (Fsp3) is 0.294. The smallest absolute Gasteiger partial charge is 0.141 e. The molecule has 21 heavy (non-hydrogen) atoms. The minimum Gasteiger partial charge on any atom is -0.496 e. The largest absolute Gasteiger partial charge is 0.496 e. The molecule has 0 saturated heterocycles. The van der Waals surface area contributed by atoms with Gasteiger partial charge >= 0.3 is 0 Å². The first-order valence-electron chi connectivity index (χ1n) is 6.75. The third-order valence-corrected chi connectivity index (χ3v) is 4.22. The van der Waals surface area contributed by atoms with Crippen molar-refractivity contribution < 1.29 is 9.13 Å². The first-order valence-corrected chi connectivity index (χ1v) is 7.54. The number of hydrogen-bond donors (Lipinski definition) is 1. The van der Waals surface area contributed by atoms with Gasteiger partial charge in [-0.25, -0.2) is 4.39 Å². The van der Waals surface area contributed by atoms with Gasteiger partial charge in [-0.3, -0.25) is 0 Å². The Morgan fingerprint density at radius 1 is 1.14 bits per heavy atom. The predicted molar refractivity (Wildman–Crippen MR) is 87.5 cm³/mol. The summed E-state index contributed by atoms with van der Waals surface area (Å²) >= 11 is 3.25. The standard InChI is InChI=1S/C17H19BrFNO/c1-10-5-6-12(11(2)7-10)17(20-3)13-8-14(18)15(19)9-16(13)21-4/h5-9,17,20H,1-4H3. The minimum absolute atomic E-state index is 0.0579. The van der Waals surface area contributed by atoms with Gasteiger partial charge in [-0.05, 0) is 54.0 Å². The Morgan fingerprint density at radius 2 is 1.86 bits per heavy atom. The van der Waals surface area contributed by atoms with Crippen molar-refractivity contribution in [2.24, 2.45) is 0 Å². The summed E-state index contributed by atoms with van der Waals surface area (Å²) in [5.74, 6) is 0.209. The van der Waals surface area contributed by atoms with Crippen LogP contribution in [0.5, 0.6) is 5.75 Å². The van der Waals surface area contributed by atoms with Gasteiger partial charge in [0.05, 0.1) is 17.6 Å². The van der Waals surface area contributed by atoms with E-state index >= 15 is 0 Å². The number of ether oxygens (including phenoxy) is 1. The van der Waals surface area contributed by atoms with Crippen LogP contribution >= 0.6 is 15.9 Å². The average Bonchev–Trinajstić information content (AvgIpc) is 2.45. The van der Waals surface area contributed by atoms with Crippen molar-refractivity contribution in [3.63, 3.8) is 0 Å². The molecule has 1 unspecified atom stereocenters. The molecule has 1 atom stereocenters. The summed E-state index contributed by atoms with van der Waals surface area (Å²) in [4.78, 5) is 0. The molecule has 2 nitrogen and oxygen atoms in total. The Morgan fingerprint density at radius 3 is 2.43 bits per heavy atom. The molecule has 1 N–H and O–H groups in total. The van der Waals surface area contributed by atoms with E-state index < -0.39 is 0 Å². The summed E-state index contributed by atoms with van der Waals surface area (Å²) in [6.45, 7) is 4.15. The number of nitrogens with one attached hydrogen (secondary N) is 1. The molecular weight excluding hydrogens is 333 g/mol. The van der Waals surface area contributed by atoms with Gasteiger partial charge in [-0.15, -0.1) is 0 Å². The van der Waals surface area contributed by atoms with Crippen LogP contribution in [0.4, 0.5) is 4.39 Å². The molecule has 2 aromatic carbocycles. The number of halogens is 2. The Kier molecular flexibility index (Phi) is 5.01. The summed E-state index contributed by atoms with van der Waals surface area (Å²) in [6.07, 6.45) is 0. The number of rotatable bonds is 4. The van der Waals surface area contributed by atoms with E-state index in [2.05, 4.69) is 53.3 Å². The van der Waals surface area contributed by atoms with E-state index in [4.69, 9.17) is 4.74 Å². The topological polar surface area (TPSA) is 21.3 Å². The van der Waals surface area contributed by atoms with E-state index in [1.165, 1.54) is 17.2 Å². The number of benzene rings is 2. The first-order chi connectivity index (χ1) is 9.97. The van der Waals surface area contributed by atoms with Crippen LogP contribution in [0.3, 0.4) is 0 Å². The molecule has 0 bridgehead atoms. The van der Waals surface area contributed by atoms with Crippen LogP contribution in [0.1, 0.15) is 28.3 Å². The van der Waals surface area contributed by atoms with Gasteiger partial charge in [0.25, 0.3) is 0 Å². The monoisotopic (exact) mass is 351 g/mol. The molecular formula is C17H19BrFNO. The molecule has 0 aromatic heterocycles. The van der Waals surface area contributed by atoms with E-state index in [0.29, 0.717) is 10.2 Å². The fourth-order valence-electron chi connectivity index (χ4n) is 2.57. The summed E-state index contributed by atoms with van der Waals surface area (Å²) < 4.78 is 19.5. The van der Waals surface area contributed by atoms with Gasteiger partial charge < -0.3 is 10.1 Å². The number of methoxy groups -OCH3 is 1. The molecule has 0 saturated carbocycles. The average molecular weight is 352 g/mol. The molecule has 0 radical (unpaired) electrons. The highest BCUT2D eigenvalue weighted by atomic mass is 79.9. The molecule has 0 aliphatic heterocycles. The molecule has 112 valence electrons. The molecule has 0 aliphatic carbocycles. The minimum atomic E-state index is -0.328. The molecule has 0 fully saturated rings. The molecule has 0 aliphatic rings. The highest BCUT2D eigenvalue weighted by molar-refractivity contribution is 9.10. The predicted octanol–water partition coefficient (Wildman–Crippen LogP) is 4.52. The van der Waals surface area contributed by atoms with Crippen LogP contribution in [-0.4, -0.2) is 14.2 Å². The van der Waals surface area contributed by atoms with Crippen molar-refractivity contribution in [2.45, 2.75) is 19.9 Å². The van der Waals surface area contributed by atoms with Crippen molar-refractivity contribution in [3.8, 4) is 5.75 Å². The maximum absolute atomic E-state index is 13.7. The third-order valence-electron chi connectivity index (χ3n) is 3.61. The highest BCUT2D eigenvalue weighted by Gasteiger charge is 2.20. The SMILES string of the molecule is CNC(c1ccc(C)cc1C)c1cc(Br)c(F)cc1OC. The van der Waals surface area contributed by atoms with E-state index in [-0.39, 0.29) is 11.9 Å². The van der Waals surface area contributed by atoms with E-state index in [0.717, 1.165) is 11.1 Å². The summed E-state index contributed by atoms with van der Waals surface area (Å²) in [5, 5.41) is 3.29. The molecule has 4 heteroatoms. The molecule has 0 amide bonds. The summed E-state index contributed by atoms with van der Waals surface area (Å²) in [7, 11) is 3.45. The van der Waals surface area contributed by atoms with Crippen molar-refractivity contribution in [3.05, 3.63) is 62.9 Å². The number of aryl methyl sites for hydroxylation is 2. The lowest BCUT2D eigenvalue weighted by Crippen LogP contribution is -2.19. The Bertz CT molecular complexity index is 657. The zero-order valence-electron chi connectivity index (χ0n) is 12.6. The van der Waals surface area contributed by atoms with Crippen molar-refractivity contribution in [1.29, 1.82) is 0 Å². The zero-order chi connectivity index (χ0) is 15.6. The van der Waals surface area contributed by atoms with Crippen LogP contribution in [0, 0.1) is 19.7 Å². The second-order valence-corrected chi connectivity index (χ2v) is 5.94. The number of hydrogen-bond acceptors (Lipinski definition) is 2. The van der Waals surface area contributed by atoms with Gasteiger partial charge in [-0.2, -0.15) is 0 Å². The van der Waals surface area contributed by atoms with Crippen LogP contribution in [0.25, 0.3) is 0 Å². The maximum Gasteiger partial charge on any atom is 0.141 e. The third kappa shape index (κ3) is 3.27. The fourth-order valence-corrected chi connectivity index (χ4v) is 2.94. The van der Waals surface area contributed by atoms with Crippen LogP contribution in [0.15, 0.2) is 34.8 Å². The molecule has 0 heterocycles. The van der Waals surface area contributed by atoms with Crippen LogP contribution in [-0.2, 0) is 0 Å². The van der Waals surface area contributed by atoms with Crippen molar-refractivity contribution in [2.75, 3.05) is 14.2 Å². The molecule has 2 aromatic rings. The quantitative estimate of drug-likeness (QED) is 0.873. The van der Waals surface area contributed by atoms with Gasteiger partial charge in [0.2, 0.25) is 0 Å². The normalized spacial score (nSPS) is 12.3. The first kappa shape index (κ1) is 16.0. The second kappa shape index (κ2) is 6.58. The van der Waals surface area contributed by atoms with Crippen molar-refractivity contribution >= 4 is 15.9 Å². The molecule has 2 rings (SSSR count). The van der Waals surface area contributed by atoms with Gasteiger partial charge in [0.1, 0.15) is 11.6 Å². The maximum atomic E-state index is 13.7. The van der Waals surface area contributed by atoms with E-state index in [1.54, 1.807) is 13.2 Å². The van der Waals surface area contributed by atoms with E-state index in [1.807, 2.05) is 7.05 Å². The lowest BCUT2D eigenvalue weighted by Gasteiger charge is -2.22. The summed E-state index contributed by atoms with van der Waals surface area (Å²) in [6, 6.07) is 9.45. The lowest BCUT2D eigenvalue weighted by molar-refractivity contribution is 0.401. The van der Waals surface area contributed by atoms with Gasteiger partial charge in [0.15, 0.2) is 0 Å². The van der Waals surface area contributed by atoms with E-state index in [9.17, 15) is 4.39 Å². The lowest BCUT2D eigenvalue weighted by atomic mass is 9.93. The highest BCUT2D eigenvalue weighted by Crippen LogP contribution is 2.35. The van der Waals surface area contributed by atoms with Gasteiger partial charge in [0, 0.05) is 11.6 Å². The zero-order valence-corrected chi connectivity index (χ0v) is 14.2. The van der Waals surface area contributed by atoms with Crippen LogP contribution in [0.2, 0.25) is 0 Å². The Hall–Kier alpha value is -1.39. The Labute approximate surface area is 133 Å². The van der Waals surface area contributed by atoms with Crippen molar-refractivity contribution in [1.82, 2.24) is 5.32 Å². The Balaban J connectivity index is 2.58.